The highest BCUT2D eigenvalue weighted by Crippen LogP contribution is 2.31. The van der Waals surface area contributed by atoms with Gasteiger partial charge in [0.25, 0.3) is 0 Å². The number of carbonyl (C=O) groups is 1. The maximum Gasteiger partial charge on any atom is 0.234 e. The SMILES string of the molecule is C=CCn1c(CCc2ccccc2)nnc1SCC(=O)Nc1ccc(-c2nc3ccc(C)cc3s2)cc1. The van der Waals surface area contributed by atoms with Crippen molar-refractivity contribution in [2.75, 3.05) is 11.1 Å². The maximum atomic E-state index is 12.7. The van der Waals surface area contributed by atoms with Gasteiger partial charge in [-0.05, 0) is 60.9 Å². The van der Waals surface area contributed by atoms with Crippen LogP contribution < -0.4 is 5.32 Å². The van der Waals surface area contributed by atoms with Crippen LogP contribution >= 0.6 is 23.1 Å². The first-order valence-corrected chi connectivity index (χ1v) is 13.9. The van der Waals surface area contributed by atoms with Crippen LogP contribution in [0.2, 0.25) is 0 Å². The van der Waals surface area contributed by atoms with E-state index >= 15 is 0 Å². The maximum absolute atomic E-state index is 12.7. The minimum absolute atomic E-state index is 0.0906. The summed E-state index contributed by atoms with van der Waals surface area (Å²) in [7, 11) is 0. The number of benzene rings is 3. The van der Waals surface area contributed by atoms with Crippen LogP contribution in [0.5, 0.6) is 0 Å². The number of fused-ring (bicyclic) bond motifs is 1. The zero-order valence-corrected chi connectivity index (χ0v) is 22.2. The number of nitrogens with zero attached hydrogens (tertiary/aromatic N) is 4. The van der Waals surface area contributed by atoms with Crippen molar-refractivity contribution in [3.63, 3.8) is 0 Å². The molecule has 5 rings (SSSR count). The average molecular weight is 526 g/mol. The Morgan fingerprint density at radius 3 is 2.65 bits per heavy atom. The van der Waals surface area contributed by atoms with E-state index in [4.69, 9.17) is 4.98 Å². The van der Waals surface area contributed by atoms with Crippen molar-refractivity contribution < 1.29 is 4.79 Å². The lowest BCUT2D eigenvalue weighted by Crippen LogP contribution is -2.14. The second-order valence-corrected chi connectivity index (χ2v) is 10.7. The number of aromatic nitrogens is 4. The minimum Gasteiger partial charge on any atom is -0.325 e. The molecule has 1 N–H and O–H groups in total. The van der Waals surface area contributed by atoms with Gasteiger partial charge in [0.1, 0.15) is 10.8 Å². The third kappa shape index (κ3) is 6.15. The summed E-state index contributed by atoms with van der Waals surface area (Å²) in [5.74, 6) is 1.05. The third-order valence-electron chi connectivity index (χ3n) is 5.88. The Morgan fingerprint density at radius 1 is 1.05 bits per heavy atom. The van der Waals surface area contributed by atoms with Gasteiger partial charge in [-0.15, -0.1) is 28.1 Å². The van der Waals surface area contributed by atoms with Crippen molar-refractivity contribution in [2.24, 2.45) is 0 Å². The quantitative estimate of drug-likeness (QED) is 0.165. The Labute approximate surface area is 224 Å². The number of rotatable bonds is 10. The number of allylic oxidation sites excluding steroid dienone is 1. The van der Waals surface area contributed by atoms with Gasteiger partial charge in [-0.2, -0.15) is 0 Å². The van der Waals surface area contributed by atoms with Crippen molar-refractivity contribution in [1.29, 1.82) is 0 Å². The minimum atomic E-state index is -0.0906. The molecule has 5 aromatic rings. The molecular weight excluding hydrogens is 498 g/mol. The van der Waals surface area contributed by atoms with E-state index in [0.717, 1.165) is 45.6 Å². The molecule has 3 aromatic carbocycles. The van der Waals surface area contributed by atoms with Gasteiger partial charge in [0.2, 0.25) is 5.91 Å². The molecule has 0 aliphatic rings. The fourth-order valence-corrected chi connectivity index (χ4v) is 5.84. The molecular formula is C29H27N5OS2. The number of hydrogen-bond acceptors (Lipinski definition) is 6. The molecule has 8 heteroatoms. The summed E-state index contributed by atoms with van der Waals surface area (Å²) in [6.07, 6.45) is 3.49. The lowest BCUT2D eigenvalue weighted by atomic mass is 10.1. The van der Waals surface area contributed by atoms with Crippen molar-refractivity contribution >= 4 is 44.9 Å². The third-order valence-corrected chi connectivity index (χ3v) is 7.91. The predicted octanol–water partition coefficient (Wildman–Crippen LogP) is 6.57. The van der Waals surface area contributed by atoms with Gasteiger partial charge in [-0.1, -0.05) is 54.2 Å². The number of nitrogens with one attached hydrogen (secondary N) is 1. The number of anilines is 1. The number of thioether (sulfide) groups is 1. The molecule has 0 aliphatic heterocycles. The Bertz CT molecular complexity index is 1520. The molecule has 2 heterocycles. The molecule has 37 heavy (non-hydrogen) atoms. The first-order chi connectivity index (χ1) is 18.1. The van der Waals surface area contributed by atoms with Crippen LogP contribution in [0.25, 0.3) is 20.8 Å². The van der Waals surface area contributed by atoms with E-state index in [1.165, 1.54) is 27.6 Å². The molecule has 0 saturated heterocycles. The second-order valence-electron chi connectivity index (χ2n) is 8.69. The average Bonchev–Trinajstić information content (AvgIpc) is 3.51. The van der Waals surface area contributed by atoms with Crippen LogP contribution in [-0.2, 0) is 24.2 Å². The second kappa shape index (κ2) is 11.5. The molecule has 0 unspecified atom stereocenters. The van der Waals surface area contributed by atoms with Gasteiger partial charge in [0.15, 0.2) is 5.16 Å². The molecule has 0 aliphatic carbocycles. The van der Waals surface area contributed by atoms with E-state index in [1.54, 1.807) is 11.3 Å². The van der Waals surface area contributed by atoms with Gasteiger partial charge in [-0.3, -0.25) is 4.79 Å². The molecule has 0 bridgehead atoms. The monoisotopic (exact) mass is 525 g/mol. The van der Waals surface area contributed by atoms with E-state index in [-0.39, 0.29) is 11.7 Å². The standard InChI is InChI=1S/C29H27N5OS2/c1-3-17-34-26(16-10-21-7-5-4-6-8-21)32-33-29(34)36-19-27(35)30-23-13-11-22(12-14-23)28-31-24-15-9-20(2)18-25(24)37-28/h3-9,11-15,18H,1,10,16-17,19H2,2H3,(H,30,35). The van der Waals surface area contributed by atoms with Gasteiger partial charge < -0.3 is 9.88 Å². The van der Waals surface area contributed by atoms with Crippen molar-refractivity contribution in [2.45, 2.75) is 31.5 Å². The zero-order valence-electron chi connectivity index (χ0n) is 20.6. The van der Waals surface area contributed by atoms with E-state index in [0.29, 0.717) is 6.54 Å². The molecule has 0 atom stereocenters. The number of carbonyl (C=O) groups excluding carboxylic acids is 1. The van der Waals surface area contributed by atoms with Gasteiger partial charge in [0, 0.05) is 24.2 Å². The van der Waals surface area contributed by atoms with Crippen molar-refractivity contribution in [3.05, 3.63) is 102 Å². The number of thiazole rings is 1. The molecule has 2 aromatic heterocycles. The predicted molar refractivity (Wildman–Crippen MR) is 153 cm³/mol. The molecule has 6 nitrogen and oxygen atoms in total. The number of hydrogen-bond donors (Lipinski definition) is 1. The van der Waals surface area contributed by atoms with E-state index in [2.05, 4.69) is 59.3 Å². The normalized spacial score (nSPS) is 11.1. The molecule has 0 fully saturated rings. The Kier molecular flexibility index (Phi) is 7.77. The Hall–Kier alpha value is -3.75. The van der Waals surface area contributed by atoms with Gasteiger partial charge >= 0.3 is 0 Å². The Morgan fingerprint density at radius 2 is 1.86 bits per heavy atom. The fourth-order valence-electron chi connectivity index (χ4n) is 4.00. The summed E-state index contributed by atoms with van der Waals surface area (Å²) in [5, 5.41) is 13.4. The molecule has 1 amide bonds. The summed E-state index contributed by atoms with van der Waals surface area (Å²) in [5.41, 5.74) is 5.28. The highest BCUT2D eigenvalue weighted by Gasteiger charge is 2.14. The summed E-state index contributed by atoms with van der Waals surface area (Å²) in [4.78, 5) is 17.4. The topological polar surface area (TPSA) is 72.7 Å². The van der Waals surface area contributed by atoms with Crippen molar-refractivity contribution in [3.8, 4) is 10.6 Å². The van der Waals surface area contributed by atoms with Crippen LogP contribution in [0.3, 0.4) is 0 Å². The lowest BCUT2D eigenvalue weighted by Gasteiger charge is -2.08. The number of aryl methyl sites for hydroxylation is 3. The van der Waals surface area contributed by atoms with Crippen molar-refractivity contribution in [1.82, 2.24) is 19.7 Å². The van der Waals surface area contributed by atoms with E-state index in [9.17, 15) is 4.79 Å². The first kappa shape index (κ1) is 24.9. The van der Waals surface area contributed by atoms with Crippen LogP contribution in [0, 0.1) is 6.92 Å². The summed E-state index contributed by atoms with van der Waals surface area (Å²) < 4.78 is 3.21. The van der Waals surface area contributed by atoms with E-state index < -0.39 is 0 Å². The molecule has 0 saturated carbocycles. The molecule has 0 radical (unpaired) electrons. The summed E-state index contributed by atoms with van der Waals surface area (Å²) in [6.45, 7) is 6.55. The highest BCUT2D eigenvalue weighted by atomic mass is 32.2. The Balaban J connectivity index is 1.18. The highest BCUT2D eigenvalue weighted by molar-refractivity contribution is 7.99. The number of amides is 1. The lowest BCUT2D eigenvalue weighted by molar-refractivity contribution is -0.113. The van der Waals surface area contributed by atoms with Crippen LogP contribution in [-0.4, -0.2) is 31.4 Å². The largest absolute Gasteiger partial charge is 0.325 e. The fraction of sp³-hybridized carbons (Fsp3) is 0.172. The van der Waals surface area contributed by atoms with Gasteiger partial charge in [0.05, 0.1) is 16.0 Å². The van der Waals surface area contributed by atoms with Crippen LogP contribution in [0.4, 0.5) is 5.69 Å². The van der Waals surface area contributed by atoms with E-state index in [1.807, 2.05) is 53.1 Å². The molecule has 0 spiro atoms. The smallest absolute Gasteiger partial charge is 0.234 e. The zero-order chi connectivity index (χ0) is 25.6. The summed E-state index contributed by atoms with van der Waals surface area (Å²) >= 11 is 3.06. The van der Waals surface area contributed by atoms with Crippen LogP contribution in [0.1, 0.15) is 17.0 Å². The molecule has 186 valence electrons. The summed E-state index contributed by atoms with van der Waals surface area (Å²) in [6, 6.07) is 24.4. The first-order valence-electron chi connectivity index (χ1n) is 12.1. The van der Waals surface area contributed by atoms with Gasteiger partial charge in [-0.25, -0.2) is 4.98 Å². The van der Waals surface area contributed by atoms with Crippen LogP contribution in [0.15, 0.2) is 90.6 Å².